The van der Waals surface area contributed by atoms with E-state index in [1.807, 2.05) is 17.0 Å². The van der Waals surface area contributed by atoms with Gasteiger partial charge in [-0.05, 0) is 48.4 Å². The molecule has 1 N–H and O–H groups in total. The van der Waals surface area contributed by atoms with Gasteiger partial charge < -0.3 is 14.7 Å². The number of anilines is 1. The van der Waals surface area contributed by atoms with Crippen LogP contribution in [0.15, 0.2) is 48.5 Å². The van der Waals surface area contributed by atoms with Crippen molar-refractivity contribution in [2.24, 2.45) is 5.92 Å². The van der Waals surface area contributed by atoms with Crippen molar-refractivity contribution < 1.29 is 19.4 Å². The summed E-state index contributed by atoms with van der Waals surface area (Å²) in [7, 11) is 0. The number of nitrogens with zero attached hydrogens (tertiary/aromatic N) is 1. The third kappa shape index (κ3) is 4.23. The van der Waals surface area contributed by atoms with Crippen LogP contribution in [0.1, 0.15) is 35.7 Å². The molecule has 1 aliphatic heterocycles. The van der Waals surface area contributed by atoms with Gasteiger partial charge in [0, 0.05) is 24.6 Å². The van der Waals surface area contributed by atoms with Crippen LogP contribution in [0.3, 0.4) is 0 Å². The molecule has 1 heterocycles. The van der Waals surface area contributed by atoms with E-state index in [9.17, 15) is 9.59 Å². The first-order chi connectivity index (χ1) is 12.6. The summed E-state index contributed by atoms with van der Waals surface area (Å²) in [5.41, 5.74) is 2.45. The Morgan fingerprint density at radius 3 is 2.46 bits per heavy atom. The molecule has 1 amide bonds. The lowest BCUT2D eigenvalue weighted by molar-refractivity contribution is -0.117. The molecule has 136 valence electrons. The first-order valence-corrected chi connectivity index (χ1v) is 8.92. The Bertz CT molecular complexity index is 768. The molecule has 26 heavy (non-hydrogen) atoms. The number of carboxylic acid groups (broad SMARTS) is 1. The van der Waals surface area contributed by atoms with Crippen LogP contribution in [-0.4, -0.2) is 30.1 Å². The predicted molar refractivity (Wildman–Crippen MR) is 99.8 cm³/mol. The first-order valence-electron chi connectivity index (χ1n) is 8.92. The molecule has 1 fully saturated rings. The molecule has 5 heteroatoms. The predicted octanol–water partition coefficient (Wildman–Crippen LogP) is 3.77. The number of rotatable bonds is 7. The molecule has 5 nitrogen and oxygen atoms in total. The van der Waals surface area contributed by atoms with Gasteiger partial charge >= 0.3 is 5.97 Å². The van der Waals surface area contributed by atoms with Crippen LogP contribution >= 0.6 is 0 Å². The highest BCUT2D eigenvalue weighted by Gasteiger charge is 2.31. The van der Waals surface area contributed by atoms with Crippen LogP contribution in [0.25, 0.3) is 0 Å². The van der Waals surface area contributed by atoms with Crippen LogP contribution < -0.4 is 9.64 Å². The number of ether oxygens (including phenoxy) is 1. The smallest absolute Gasteiger partial charge is 0.335 e. The summed E-state index contributed by atoms with van der Waals surface area (Å²) in [5, 5.41) is 8.91. The zero-order valence-electron chi connectivity index (χ0n) is 14.9. The molecule has 2 aromatic rings. The van der Waals surface area contributed by atoms with Crippen molar-refractivity contribution in [1.29, 1.82) is 0 Å². The minimum Gasteiger partial charge on any atom is -0.493 e. The molecule has 1 unspecified atom stereocenters. The van der Waals surface area contributed by atoms with Crippen LogP contribution in [0, 0.1) is 5.92 Å². The average Bonchev–Trinajstić information content (AvgIpc) is 3.02. The normalized spacial score (nSPS) is 16.7. The Kier molecular flexibility index (Phi) is 5.56. The molecule has 0 bridgehead atoms. The van der Waals surface area contributed by atoms with Gasteiger partial charge in [0.25, 0.3) is 0 Å². The highest BCUT2D eigenvalue weighted by atomic mass is 16.5. The summed E-state index contributed by atoms with van der Waals surface area (Å²) >= 11 is 0. The number of hydrogen-bond acceptors (Lipinski definition) is 3. The second-order valence-corrected chi connectivity index (χ2v) is 6.63. The Balaban J connectivity index is 1.56. The van der Waals surface area contributed by atoms with E-state index >= 15 is 0 Å². The lowest BCUT2D eigenvalue weighted by Gasteiger charge is -2.17. The number of carboxylic acids is 1. The lowest BCUT2D eigenvalue weighted by atomic mass is 10.1. The second kappa shape index (κ2) is 8.04. The van der Waals surface area contributed by atoms with E-state index in [0.717, 1.165) is 18.5 Å². The largest absolute Gasteiger partial charge is 0.493 e. The Hall–Kier alpha value is -2.82. The number of benzene rings is 2. The zero-order valence-corrected chi connectivity index (χ0v) is 14.9. The van der Waals surface area contributed by atoms with Gasteiger partial charge in [0.2, 0.25) is 5.91 Å². The quantitative estimate of drug-likeness (QED) is 0.823. The summed E-state index contributed by atoms with van der Waals surface area (Å²) in [6.45, 7) is 3.22. The Morgan fingerprint density at radius 2 is 1.85 bits per heavy atom. The standard InChI is InChI=1S/C21H23NO4/c1-2-3-15-4-8-18(9-5-15)22-13-16(12-20(22)23)14-26-19-10-6-17(7-11-19)21(24)25/h4-11,16H,2-3,12-14H2,1H3,(H,24,25). The highest BCUT2D eigenvalue weighted by molar-refractivity contribution is 5.95. The molecule has 1 atom stereocenters. The number of hydrogen-bond donors (Lipinski definition) is 1. The van der Waals surface area contributed by atoms with Crippen molar-refractivity contribution in [3.63, 3.8) is 0 Å². The minimum atomic E-state index is -0.960. The van der Waals surface area contributed by atoms with Gasteiger partial charge in [-0.2, -0.15) is 0 Å². The van der Waals surface area contributed by atoms with E-state index in [-0.39, 0.29) is 17.4 Å². The van der Waals surface area contributed by atoms with Gasteiger partial charge in [0.15, 0.2) is 0 Å². The number of aromatic carboxylic acids is 1. The molecule has 0 spiro atoms. The van der Waals surface area contributed by atoms with E-state index in [1.54, 1.807) is 12.1 Å². The third-order valence-corrected chi connectivity index (χ3v) is 4.58. The molecule has 1 saturated heterocycles. The maximum Gasteiger partial charge on any atom is 0.335 e. The molecule has 1 aliphatic rings. The van der Waals surface area contributed by atoms with Crippen molar-refractivity contribution in [3.8, 4) is 5.75 Å². The summed E-state index contributed by atoms with van der Waals surface area (Å²) in [6, 6.07) is 14.5. The highest BCUT2D eigenvalue weighted by Crippen LogP contribution is 2.26. The summed E-state index contributed by atoms with van der Waals surface area (Å²) in [5.74, 6) is -0.108. The monoisotopic (exact) mass is 353 g/mol. The molecular weight excluding hydrogens is 330 g/mol. The summed E-state index contributed by atoms with van der Waals surface area (Å²) < 4.78 is 5.74. The average molecular weight is 353 g/mol. The summed E-state index contributed by atoms with van der Waals surface area (Å²) in [6.07, 6.45) is 2.62. The maximum atomic E-state index is 12.3. The van der Waals surface area contributed by atoms with Crippen molar-refractivity contribution in [2.75, 3.05) is 18.1 Å². The van der Waals surface area contributed by atoms with E-state index in [4.69, 9.17) is 9.84 Å². The molecule has 3 rings (SSSR count). The minimum absolute atomic E-state index is 0.114. The van der Waals surface area contributed by atoms with E-state index in [0.29, 0.717) is 25.3 Å². The summed E-state index contributed by atoms with van der Waals surface area (Å²) in [4.78, 5) is 25.0. The van der Waals surface area contributed by atoms with Crippen molar-refractivity contribution >= 4 is 17.6 Å². The van der Waals surface area contributed by atoms with Crippen LogP contribution in [0.4, 0.5) is 5.69 Å². The fourth-order valence-electron chi connectivity index (χ4n) is 3.18. The van der Waals surface area contributed by atoms with E-state index < -0.39 is 5.97 Å². The third-order valence-electron chi connectivity index (χ3n) is 4.58. The van der Waals surface area contributed by atoms with Gasteiger partial charge in [0.05, 0.1) is 12.2 Å². The zero-order chi connectivity index (χ0) is 18.5. The van der Waals surface area contributed by atoms with Crippen molar-refractivity contribution in [3.05, 3.63) is 59.7 Å². The van der Waals surface area contributed by atoms with Crippen LogP contribution in [0.2, 0.25) is 0 Å². The fourth-order valence-corrected chi connectivity index (χ4v) is 3.18. The van der Waals surface area contributed by atoms with Crippen molar-refractivity contribution in [1.82, 2.24) is 0 Å². The van der Waals surface area contributed by atoms with Crippen molar-refractivity contribution in [2.45, 2.75) is 26.2 Å². The molecule has 0 saturated carbocycles. The molecule has 0 radical (unpaired) electrons. The van der Waals surface area contributed by atoms with Gasteiger partial charge in [-0.1, -0.05) is 25.5 Å². The molecule has 2 aromatic carbocycles. The van der Waals surface area contributed by atoms with Crippen LogP contribution in [-0.2, 0) is 11.2 Å². The van der Waals surface area contributed by atoms with Gasteiger partial charge in [-0.15, -0.1) is 0 Å². The number of amides is 1. The SMILES string of the molecule is CCCc1ccc(N2CC(COc3ccc(C(=O)O)cc3)CC2=O)cc1. The van der Waals surface area contributed by atoms with Gasteiger partial charge in [0.1, 0.15) is 5.75 Å². The number of aryl methyl sites for hydroxylation is 1. The van der Waals surface area contributed by atoms with Gasteiger partial charge in [-0.25, -0.2) is 4.79 Å². The number of carbonyl (C=O) groups excluding carboxylic acids is 1. The Morgan fingerprint density at radius 1 is 1.15 bits per heavy atom. The molecule has 0 aromatic heterocycles. The lowest BCUT2D eigenvalue weighted by Crippen LogP contribution is -2.25. The van der Waals surface area contributed by atoms with Crippen LogP contribution in [0.5, 0.6) is 5.75 Å². The topological polar surface area (TPSA) is 66.8 Å². The molecular formula is C21H23NO4. The number of carbonyl (C=O) groups is 2. The van der Waals surface area contributed by atoms with Gasteiger partial charge in [-0.3, -0.25) is 4.79 Å². The van der Waals surface area contributed by atoms with E-state index in [2.05, 4.69) is 19.1 Å². The first kappa shape index (κ1) is 18.0. The van der Waals surface area contributed by atoms with E-state index in [1.165, 1.54) is 17.7 Å². The maximum absolute atomic E-state index is 12.3. The molecule has 0 aliphatic carbocycles. The second-order valence-electron chi connectivity index (χ2n) is 6.63. The Labute approximate surface area is 153 Å². The fraction of sp³-hybridized carbons (Fsp3) is 0.333.